The molecule has 3 atom stereocenters. The van der Waals surface area contributed by atoms with Gasteiger partial charge in [-0.3, -0.25) is 9.38 Å². The summed E-state index contributed by atoms with van der Waals surface area (Å²) in [4.78, 5) is 9.57. The van der Waals surface area contributed by atoms with Gasteiger partial charge in [0.05, 0.1) is 12.8 Å². The normalized spacial score (nSPS) is 17.7. The summed E-state index contributed by atoms with van der Waals surface area (Å²) in [6.07, 6.45) is 7.89. The van der Waals surface area contributed by atoms with Crippen molar-refractivity contribution >= 4 is 5.65 Å². The molecule has 32 heavy (non-hydrogen) atoms. The molecule has 3 heterocycles. The number of halogens is 1. The second-order valence-corrected chi connectivity index (χ2v) is 8.79. The van der Waals surface area contributed by atoms with Crippen LogP contribution in [0.15, 0.2) is 67.0 Å². The van der Waals surface area contributed by atoms with Crippen LogP contribution < -0.4 is 4.74 Å². The van der Waals surface area contributed by atoms with Crippen molar-refractivity contribution in [3.63, 3.8) is 0 Å². The molecular weight excluding hydrogens is 401 g/mol. The van der Waals surface area contributed by atoms with E-state index in [0.29, 0.717) is 17.5 Å². The summed E-state index contributed by atoms with van der Waals surface area (Å²) < 4.78 is 21.2. The smallest absolute Gasteiger partial charge is 0.199 e. The maximum absolute atomic E-state index is 14.3. The standard InChI is InChI=1S/C27H28FN3O/c1-18(19-11-13-22(32-2)14-12-19)24(23-8-3-6-20-7-5-15-29-27(20)23)16-21-17-31-25(28)9-4-10-26(31)30-21/h4-5,7,9-15,17-18,23-24H,3,6,8,16H2,1-2H3/t18-,23+,24?/m0/s1. The van der Waals surface area contributed by atoms with E-state index >= 15 is 0 Å². The van der Waals surface area contributed by atoms with Crippen molar-refractivity contribution in [3.8, 4) is 5.75 Å². The van der Waals surface area contributed by atoms with Gasteiger partial charge >= 0.3 is 0 Å². The second kappa shape index (κ2) is 8.73. The van der Waals surface area contributed by atoms with Crippen LogP contribution in [0, 0.1) is 11.9 Å². The van der Waals surface area contributed by atoms with Gasteiger partial charge in [0.15, 0.2) is 5.95 Å². The molecule has 5 heteroatoms. The second-order valence-electron chi connectivity index (χ2n) is 8.79. The summed E-state index contributed by atoms with van der Waals surface area (Å²) in [5.74, 6) is 1.49. The van der Waals surface area contributed by atoms with Crippen molar-refractivity contribution in [2.24, 2.45) is 5.92 Å². The van der Waals surface area contributed by atoms with E-state index in [0.717, 1.165) is 37.1 Å². The lowest BCUT2D eigenvalue weighted by atomic mass is 9.70. The van der Waals surface area contributed by atoms with Crippen molar-refractivity contribution in [2.75, 3.05) is 7.11 Å². The average Bonchev–Trinajstić information content (AvgIpc) is 3.26. The van der Waals surface area contributed by atoms with Gasteiger partial charge in [0, 0.05) is 24.0 Å². The van der Waals surface area contributed by atoms with E-state index < -0.39 is 0 Å². The Morgan fingerprint density at radius 2 is 1.97 bits per heavy atom. The maximum atomic E-state index is 14.3. The molecule has 0 spiro atoms. The monoisotopic (exact) mass is 429 g/mol. The number of rotatable bonds is 6. The number of aryl methyl sites for hydroxylation is 1. The number of hydrogen-bond acceptors (Lipinski definition) is 3. The number of aromatic nitrogens is 3. The Balaban J connectivity index is 1.54. The molecule has 0 N–H and O–H groups in total. The minimum atomic E-state index is -0.286. The van der Waals surface area contributed by atoms with E-state index in [4.69, 9.17) is 14.7 Å². The van der Waals surface area contributed by atoms with E-state index in [1.54, 1.807) is 13.2 Å². The first kappa shape index (κ1) is 20.7. The lowest BCUT2D eigenvalue weighted by molar-refractivity contribution is 0.322. The van der Waals surface area contributed by atoms with Gasteiger partial charge in [-0.2, -0.15) is 4.39 Å². The molecule has 4 nitrogen and oxygen atoms in total. The molecule has 1 unspecified atom stereocenters. The first-order valence-corrected chi connectivity index (χ1v) is 11.3. The molecule has 5 rings (SSSR count). The highest BCUT2D eigenvalue weighted by atomic mass is 19.1. The molecule has 0 aliphatic heterocycles. The van der Waals surface area contributed by atoms with E-state index in [-0.39, 0.29) is 11.9 Å². The van der Waals surface area contributed by atoms with Crippen molar-refractivity contribution in [2.45, 2.75) is 44.4 Å². The molecule has 1 aromatic carbocycles. The summed E-state index contributed by atoms with van der Waals surface area (Å²) in [6, 6.07) is 17.6. The highest BCUT2D eigenvalue weighted by molar-refractivity contribution is 5.40. The number of ether oxygens (including phenoxy) is 1. The highest BCUT2D eigenvalue weighted by Crippen LogP contribution is 2.43. The number of pyridine rings is 2. The van der Waals surface area contributed by atoms with E-state index in [2.05, 4.69) is 25.1 Å². The first-order chi connectivity index (χ1) is 15.6. The third kappa shape index (κ3) is 3.88. The molecular formula is C27H28FN3O. The number of hydrogen-bond donors (Lipinski definition) is 0. The van der Waals surface area contributed by atoms with Crippen LogP contribution in [0.2, 0.25) is 0 Å². The quantitative estimate of drug-likeness (QED) is 0.355. The molecule has 0 radical (unpaired) electrons. The number of imidazole rings is 1. The Kier molecular flexibility index (Phi) is 5.64. The van der Waals surface area contributed by atoms with Crippen LogP contribution in [0.4, 0.5) is 4.39 Å². The van der Waals surface area contributed by atoms with Crippen molar-refractivity contribution < 1.29 is 9.13 Å². The molecule has 0 saturated heterocycles. The average molecular weight is 430 g/mol. The molecule has 0 amide bonds. The zero-order valence-electron chi connectivity index (χ0n) is 18.5. The number of benzene rings is 1. The van der Waals surface area contributed by atoms with Gasteiger partial charge < -0.3 is 4.74 Å². The Bertz CT molecular complexity index is 1220. The Morgan fingerprint density at radius 3 is 2.75 bits per heavy atom. The molecule has 0 fully saturated rings. The van der Waals surface area contributed by atoms with Crippen LogP contribution in [0.25, 0.3) is 5.65 Å². The van der Waals surface area contributed by atoms with Gasteiger partial charge in [0.1, 0.15) is 11.4 Å². The summed E-state index contributed by atoms with van der Waals surface area (Å²) in [5, 5.41) is 0. The zero-order chi connectivity index (χ0) is 22.1. The van der Waals surface area contributed by atoms with Crippen LogP contribution >= 0.6 is 0 Å². The molecule has 1 aliphatic rings. The third-order valence-electron chi connectivity index (χ3n) is 6.98. The SMILES string of the molecule is COc1ccc([C@H](C)C(Cc2cn3c(F)cccc3n2)[C@H]2CCCc3cccnc32)cc1. The number of nitrogens with zero attached hydrogens (tertiary/aromatic N) is 3. The lowest BCUT2D eigenvalue weighted by Crippen LogP contribution is -2.26. The maximum Gasteiger partial charge on any atom is 0.199 e. The molecule has 0 bridgehead atoms. The van der Waals surface area contributed by atoms with Crippen molar-refractivity contribution in [3.05, 3.63) is 95.5 Å². The number of fused-ring (bicyclic) bond motifs is 2. The van der Waals surface area contributed by atoms with Gasteiger partial charge in [-0.1, -0.05) is 31.2 Å². The summed E-state index contributed by atoms with van der Waals surface area (Å²) in [5.41, 5.74) is 5.42. The Hall–Kier alpha value is -3.21. The largest absolute Gasteiger partial charge is 0.497 e. The van der Waals surface area contributed by atoms with E-state index in [9.17, 15) is 4.39 Å². The molecule has 4 aromatic rings. The fourth-order valence-corrected chi connectivity index (χ4v) is 5.25. The van der Waals surface area contributed by atoms with E-state index in [1.807, 2.05) is 36.7 Å². The van der Waals surface area contributed by atoms with Crippen LogP contribution in [0.1, 0.15) is 54.1 Å². The minimum absolute atomic E-state index is 0.286. The number of methoxy groups -OCH3 is 1. The summed E-state index contributed by atoms with van der Waals surface area (Å²) >= 11 is 0. The fourth-order valence-electron chi connectivity index (χ4n) is 5.25. The summed E-state index contributed by atoms with van der Waals surface area (Å²) in [6.45, 7) is 2.29. The predicted octanol–water partition coefficient (Wildman–Crippen LogP) is 5.96. The van der Waals surface area contributed by atoms with Gasteiger partial charge in [0.25, 0.3) is 0 Å². The fraction of sp³-hybridized carbons (Fsp3) is 0.333. The first-order valence-electron chi connectivity index (χ1n) is 11.3. The third-order valence-corrected chi connectivity index (χ3v) is 6.98. The van der Waals surface area contributed by atoms with Crippen molar-refractivity contribution in [1.29, 1.82) is 0 Å². The molecule has 0 saturated carbocycles. The lowest BCUT2D eigenvalue weighted by Gasteiger charge is -2.35. The molecule has 3 aromatic heterocycles. The molecule has 1 aliphatic carbocycles. The van der Waals surface area contributed by atoms with Gasteiger partial charge in [-0.25, -0.2) is 4.98 Å². The van der Waals surface area contributed by atoms with Gasteiger partial charge in [-0.05, 0) is 79.0 Å². The van der Waals surface area contributed by atoms with Crippen LogP contribution in [0.3, 0.4) is 0 Å². The van der Waals surface area contributed by atoms with E-state index in [1.165, 1.54) is 27.3 Å². The topological polar surface area (TPSA) is 39.4 Å². The predicted molar refractivity (Wildman–Crippen MR) is 124 cm³/mol. The molecule has 164 valence electrons. The Morgan fingerprint density at radius 1 is 1.12 bits per heavy atom. The van der Waals surface area contributed by atoms with Crippen LogP contribution in [0.5, 0.6) is 5.75 Å². The zero-order valence-corrected chi connectivity index (χ0v) is 18.5. The van der Waals surface area contributed by atoms with Crippen LogP contribution in [-0.2, 0) is 12.8 Å². The summed E-state index contributed by atoms with van der Waals surface area (Å²) in [7, 11) is 1.69. The highest BCUT2D eigenvalue weighted by Gasteiger charge is 2.34. The minimum Gasteiger partial charge on any atom is -0.497 e. The van der Waals surface area contributed by atoms with Gasteiger partial charge in [-0.15, -0.1) is 0 Å². The van der Waals surface area contributed by atoms with Crippen LogP contribution in [-0.4, -0.2) is 21.5 Å². The Labute approximate surface area is 188 Å². The van der Waals surface area contributed by atoms with Gasteiger partial charge in [0.2, 0.25) is 0 Å². The van der Waals surface area contributed by atoms with Crippen molar-refractivity contribution in [1.82, 2.24) is 14.4 Å².